The topological polar surface area (TPSA) is 82.9 Å². The van der Waals surface area contributed by atoms with Gasteiger partial charge in [0.25, 0.3) is 0 Å². The van der Waals surface area contributed by atoms with E-state index in [2.05, 4.69) is 34.9 Å². The van der Waals surface area contributed by atoms with Crippen LogP contribution in [-0.2, 0) is 9.59 Å². The predicted octanol–water partition coefficient (Wildman–Crippen LogP) is 4.41. The highest BCUT2D eigenvalue weighted by Gasteiger charge is 2.09. The standard InChI is InChI=1S/C24H30N4O2/c1-3-11-21(19-13-7-5-8-14-19)25-27-23(29)17-18-24(30)28-26-22(12-4-2)20-15-9-6-10-16-20/h5-10,13-16H,3-4,11-12,17-18H2,1-2H3,(H,27,29)(H,28,30). The van der Waals surface area contributed by atoms with Crippen LogP contribution >= 0.6 is 0 Å². The molecule has 2 N–H and O–H groups in total. The lowest BCUT2D eigenvalue weighted by atomic mass is 10.1. The monoisotopic (exact) mass is 406 g/mol. The molecule has 0 atom stereocenters. The average molecular weight is 407 g/mol. The number of rotatable bonds is 11. The normalized spacial score (nSPS) is 11.8. The van der Waals surface area contributed by atoms with Crippen LogP contribution in [0.1, 0.15) is 63.5 Å². The van der Waals surface area contributed by atoms with Crippen LogP contribution in [0.3, 0.4) is 0 Å². The SMILES string of the molecule is CCCC(=NNC(=O)CCC(=O)NN=C(CCC)c1ccccc1)c1ccccc1. The highest BCUT2D eigenvalue weighted by atomic mass is 16.2. The maximum atomic E-state index is 12.1. The summed E-state index contributed by atoms with van der Waals surface area (Å²) in [5, 5.41) is 8.52. The van der Waals surface area contributed by atoms with E-state index in [0.29, 0.717) is 0 Å². The molecule has 0 aromatic heterocycles. The van der Waals surface area contributed by atoms with Gasteiger partial charge in [-0.1, -0.05) is 87.4 Å². The highest BCUT2D eigenvalue weighted by Crippen LogP contribution is 2.07. The van der Waals surface area contributed by atoms with E-state index in [-0.39, 0.29) is 24.7 Å². The van der Waals surface area contributed by atoms with Crippen molar-refractivity contribution in [2.24, 2.45) is 10.2 Å². The minimum atomic E-state index is -0.296. The number of hydrazone groups is 2. The molecule has 0 bridgehead atoms. The van der Waals surface area contributed by atoms with Gasteiger partial charge in [-0.15, -0.1) is 0 Å². The van der Waals surface area contributed by atoms with Gasteiger partial charge in [-0.3, -0.25) is 9.59 Å². The number of amides is 2. The highest BCUT2D eigenvalue weighted by molar-refractivity contribution is 6.01. The maximum absolute atomic E-state index is 12.1. The molecule has 2 aromatic rings. The van der Waals surface area contributed by atoms with E-state index in [0.717, 1.165) is 48.2 Å². The van der Waals surface area contributed by atoms with Crippen molar-refractivity contribution in [3.8, 4) is 0 Å². The fraction of sp³-hybridized carbons (Fsp3) is 0.333. The van der Waals surface area contributed by atoms with E-state index in [4.69, 9.17) is 0 Å². The number of hydrogen-bond donors (Lipinski definition) is 2. The van der Waals surface area contributed by atoms with Crippen molar-refractivity contribution in [1.82, 2.24) is 10.9 Å². The molecule has 0 aliphatic carbocycles. The molecule has 2 rings (SSSR count). The van der Waals surface area contributed by atoms with Crippen molar-refractivity contribution < 1.29 is 9.59 Å². The summed E-state index contributed by atoms with van der Waals surface area (Å²) in [6.07, 6.45) is 3.47. The molecule has 0 aliphatic heterocycles. The van der Waals surface area contributed by atoms with Crippen LogP contribution in [0, 0.1) is 0 Å². The second-order valence-electron chi connectivity index (χ2n) is 6.92. The van der Waals surface area contributed by atoms with Gasteiger partial charge in [0, 0.05) is 12.8 Å². The largest absolute Gasteiger partial charge is 0.273 e. The first-order valence-corrected chi connectivity index (χ1v) is 10.5. The summed E-state index contributed by atoms with van der Waals surface area (Å²) in [6.45, 7) is 4.13. The van der Waals surface area contributed by atoms with Crippen molar-refractivity contribution in [3.63, 3.8) is 0 Å². The lowest BCUT2D eigenvalue weighted by Crippen LogP contribution is -2.24. The Labute approximate surface area is 178 Å². The molecular formula is C24H30N4O2. The number of carbonyl (C=O) groups is 2. The van der Waals surface area contributed by atoms with Crippen LogP contribution in [-0.4, -0.2) is 23.2 Å². The van der Waals surface area contributed by atoms with Gasteiger partial charge < -0.3 is 0 Å². The third kappa shape index (κ3) is 7.99. The Hall–Kier alpha value is -3.28. The Morgan fingerprint density at radius 3 is 1.33 bits per heavy atom. The van der Waals surface area contributed by atoms with Gasteiger partial charge in [-0.2, -0.15) is 10.2 Å². The molecule has 0 heterocycles. The van der Waals surface area contributed by atoms with Crippen LogP contribution in [0.2, 0.25) is 0 Å². The molecule has 0 fully saturated rings. The quantitative estimate of drug-likeness (QED) is 0.428. The Kier molecular flexibility index (Phi) is 10.00. The number of nitrogens with one attached hydrogen (secondary N) is 2. The zero-order valence-electron chi connectivity index (χ0n) is 17.7. The third-order valence-corrected chi connectivity index (χ3v) is 4.40. The third-order valence-electron chi connectivity index (χ3n) is 4.40. The first-order valence-electron chi connectivity index (χ1n) is 10.5. The van der Waals surface area contributed by atoms with E-state index < -0.39 is 0 Å². The molecule has 0 saturated carbocycles. The molecule has 6 nitrogen and oxygen atoms in total. The second-order valence-corrected chi connectivity index (χ2v) is 6.92. The lowest BCUT2D eigenvalue weighted by Gasteiger charge is -2.07. The molecule has 0 spiro atoms. The van der Waals surface area contributed by atoms with Crippen molar-refractivity contribution >= 4 is 23.2 Å². The second kappa shape index (κ2) is 13.0. The predicted molar refractivity (Wildman–Crippen MR) is 121 cm³/mol. The van der Waals surface area contributed by atoms with Gasteiger partial charge in [0.05, 0.1) is 11.4 Å². The summed E-state index contributed by atoms with van der Waals surface area (Å²) in [5.74, 6) is -0.592. The molecular weight excluding hydrogens is 376 g/mol. The summed E-state index contributed by atoms with van der Waals surface area (Å²) in [7, 11) is 0. The lowest BCUT2D eigenvalue weighted by molar-refractivity contribution is -0.126. The van der Waals surface area contributed by atoms with E-state index in [1.54, 1.807) is 0 Å². The molecule has 0 radical (unpaired) electrons. The molecule has 30 heavy (non-hydrogen) atoms. The fourth-order valence-corrected chi connectivity index (χ4v) is 2.86. The van der Waals surface area contributed by atoms with Gasteiger partial charge >= 0.3 is 0 Å². The van der Waals surface area contributed by atoms with Crippen LogP contribution in [0.4, 0.5) is 0 Å². The first-order chi connectivity index (χ1) is 14.6. The minimum absolute atomic E-state index is 0.0491. The number of carbonyl (C=O) groups excluding carboxylic acids is 2. The molecule has 0 aliphatic rings. The van der Waals surface area contributed by atoms with Crippen molar-refractivity contribution in [1.29, 1.82) is 0 Å². The number of hydrogen-bond acceptors (Lipinski definition) is 4. The van der Waals surface area contributed by atoms with Gasteiger partial charge in [0.1, 0.15) is 0 Å². The van der Waals surface area contributed by atoms with Gasteiger partial charge in [-0.25, -0.2) is 10.9 Å². The molecule has 2 amide bonds. The Bertz CT molecular complexity index is 788. The van der Waals surface area contributed by atoms with E-state index in [9.17, 15) is 9.59 Å². The molecule has 0 unspecified atom stereocenters. The number of benzene rings is 2. The Morgan fingerprint density at radius 1 is 0.633 bits per heavy atom. The Balaban J connectivity index is 1.86. The van der Waals surface area contributed by atoms with Gasteiger partial charge in [0.2, 0.25) is 11.8 Å². The summed E-state index contributed by atoms with van der Waals surface area (Å²) in [6, 6.07) is 19.5. The van der Waals surface area contributed by atoms with E-state index in [1.807, 2.05) is 60.7 Å². The van der Waals surface area contributed by atoms with Crippen LogP contribution in [0.25, 0.3) is 0 Å². The van der Waals surface area contributed by atoms with Crippen LogP contribution in [0.15, 0.2) is 70.9 Å². The Morgan fingerprint density at radius 2 is 1.00 bits per heavy atom. The van der Waals surface area contributed by atoms with Crippen molar-refractivity contribution in [2.75, 3.05) is 0 Å². The van der Waals surface area contributed by atoms with Crippen molar-refractivity contribution in [3.05, 3.63) is 71.8 Å². The molecule has 0 saturated heterocycles. The number of nitrogens with zero attached hydrogens (tertiary/aromatic N) is 2. The van der Waals surface area contributed by atoms with E-state index in [1.165, 1.54) is 0 Å². The van der Waals surface area contributed by atoms with Gasteiger partial charge in [-0.05, 0) is 24.0 Å². The van der Waals surface area contributed by atoms with Gasteiger partial charge in [0.15, 0.2) is 0 Å². The molecule has 6 heteroatoms. The average Bonchev–Trinajstić information content (AvgIpc) is 2.79. The summed E-state index contributed by atoms with van der Waals surface area (Å²) in [5.41, 5.74) is 8.75. The fourth-order valence-electron chi connectivity index (χ4n) is 2.86. The summed E-state index contributed by atoms with van der Waals surface area (Å²) in [4.78, 5) is 24.2. The maximum Gasteiger partial charge on any atom is 0.240 e. The minimum Gasteiger partial charge on any atom is -0.273 e. The summed E-state index contributed by atoms with van der Waals surface area (Å²) >= 11 is 0. The zero-order valence-corrected chi connectivity index (χ0v) is 17.7. The van der Waals surface area contributed by atoms with Crippen LogP contribution in [0.5, 0.6) is 0 Å². The summed E-state index contributed by atoms with van der Waals surface area (Å²) < 4.78 is 0. The molecule has 158 valence electrons. The van der Waals surface area contributed by atoms with Crippen LogP contribution < -0.4 is 10.9 Å². The molecule has 2 aromatic carbocycles. The smallest absolute Gasteiger partial charge is 0.240 e. The van der Waals surface area contributed by atoms with Crippen molar-refractivity contribution in [2.45, 2.75) is 52.4 Å². The first kappa shape index (κ1) is 23.0. The zero-order chi connectivity index (χ0) is 21.6. The van der Waals surface area contributed by atoms with E-state index >= 15 is 0 Å².